The van der Waals surface area contributed by atoms with Gasteiger partial charge in [-0.25, -0.2) is 13.8 Å². The lowest BCUT2D eigenvalue weighted by atomic mass is 10.0. The summed E-state index contributed by atoms with van der Waals surface area (Å²) in [4.78, 5) is 6.27. The Morgan fingerprint density at radius 2 is 1.97 bits per heavy atom. The second-order valence-electron chi connectivity index (χ2n) is 8.53. The minimum absolute atomic E-state index is 0.172. The van der Waals surface area contributed by atoms with Crippen LogP contribution in [0.4, 0.5) is 26.0 Å². The molecule has 0 aliphatic carbocycles. The molecule has 2 aliphatic rings. The van der Waals surface area contributed by atoms with Crippen molar-refractivity contribution in [2.24, 2.45) is 0 Å². The van der Waals surface area contributed by atoms with E-state index >= 15 is 0 Å². The Morgan fingerprint density at radius 1 is 1.09 bits per heavy atom. The average molecular weight is 437 g/mol. The van der Waals surface area contributed by atoms with Crippen LogP contribution < -0.4 is 20.3 Å². The maximum atomic E-state index is 14.9. The molecule has 0 amide bonds. The molecular weight excluding hydrogens is 410 g/mol. The highest BCUT2D eigenvalue weighted by Crippen LogP contribution is 2.40. The molecule has 0 unspecified atom stereocenters. The summed E-state index contributed by atoms with van der Waals surface area (Å²) in [7, 11) is 0. The number of ether oxygens (including phenoxy) is 1. The highest BCUT2D eigenvalue weighted by Gasteiger charge is 2.25. The number of hydrogen-bond acceptors (Lipinski definition) is 5. The molecule has 0 radical (unpaired) electrons. The Kier molecular flexibility index (Phi) is 5.43. The standard InChI is InChI=1S/C25H26F2N4O/c1-15(2)31-7-8-32-25-21(26)10-18(11-23(25)31)20-12-24(29-14-22(20)27)30-19-4-3-17-13-28-6-5-16(17)9-19/h3-4,9-12,14-15,28H,5-8,13H2,1-2H3,(H,29,30). The zero-order valence-corrected chi connectivity index (χ0v) is 18.2. The number of nitrogens with zero attached hydrogens (tertiary/aromatic N) is 2. The average Bonchev–Trinajstić information content (AvgIpc) is 2.79. The summed E-state index contributed by atoms with van der Waals surface area (Å²) in [6.45, 7) is 7.00. The number of benzene rings is 2. The van der Waals surface area contributed by atoms with Crippen LogP contribution in [-0.2, 0) is 13.0 Å². The molecule has 0 atom stereocenters. The summed E-state index contributed by atoms with van der Waals surface area (Å²) in [6, 6.07) is 11.1. The van der Waals surface area contributed by atoms with Crippen LogP contribution in [0.2, 0.25) is 0 Å². The number of nitrogens with one attached hydrogen (secondary N) is 2. The maximum Gasteiger partial charge on any atom is 0.178 e. The first kappa shape index (κ1) is 20.7. The predicted octanol–water partition coefficient (Wildman–Crippen LogP) is 5.02. The van der Waals surface area contributed by atoms with Crippen molar-refractivity contribution in [3.8, 4) is 16.9 Å². The van der Waals surface area contributed by atoms with Crippen LogP contribution in [0, 0.1) is 11.6 Å². The lowest BCUT2D eigenvalue weighted by Gasteiger charge is -2.35. The van der Waals surface area contributed by atoms with Crippen LogP contribution in [-0.4, -0.2) is 30.7 Å². The molecule has 0 spiro atoms. The maximum absolute atomic E-state index is 14.9. The summed E-state index contributed by atoms with van der Waals surface area (Å²) < 4.78 is 35.2. The number of aromatic nitrogens is 1. The second-order valence-corrected chi connectivity index (χ2v) is 8.53. The fraction of sp³-hybridized carbons (Fsp3) is 0.320. The van der Waals surface area contributed by atoms with E-state index in [0.717, 1.165) is 25.2 Å². The summed E-state index contributed by atoms with van der Waals surface area (Å²) in [6.07, 6.45) is 2.14. The van der Waals surface area contributed by atoms with Crippen molar-refractivity contribution in [2.45, 2.75) is 32.9 Å². The molecule has 1 aromatic heterocycles. The normalized spacial score (nSPS) is 15.2. The highest BCUT2D eigenvalue weighted by molar-refractivity contribution is 5.76. The molecule has 3 aromatic rings. The van der Waals surface area contributed by atoms with Gasteiger partial charge >= 0.3 is 0 Å². The molecule has 7 heteroatoms. The van der Waals surface area contributed by atoms with E-state index in [0.29, 0.717) is 35.8 Å². The van der Waals surface area contributed by atoms with Crippen molar-refractivity contribution >= 4 is 17.2 Å². The van der Waals surface area contributed by atoms with Gasteiger partial charge in [-0.1, -0.05) is 6.07 Å². The van der Waals surface area contributed by atoms with Gasteiger partial charge in [0.05, 0.1) is 18.4 Å². The Morgan fingerprint density at radius 3 is 2.81 bits per heavy atom. The smallest absolute Gasteiger partial charge is 0.178 e. The monoisotopic (exact) mass is 436 g/mol. The van der Waals surface area contributed by atoms with Gasteiger partial charge in [0.25, 0.3) is 0 Å². The third-order valence-electron chi connectivity index (χ3n) is 6.07. The zero-order chi connectivity index (χ0) is 22.2. The Hall–Kier alpha value is -3.19. The lowest BCUT2D eigenvalue weighted by molar-refractivity contribution is 0.287. The minimum atomic E-state index is -0.501. The molecule has 0 fully saturated rings. The number of anilines is 3. The predicted molar refractivity (Wildman–Crippen MR) is 123 cm³/mol. The molecule has 166 valence electrons. The van der Waals surface area contributed by atoms with Crippen molar-refractivity contribution in [3.63, 3.8) is 0 Å². The van der Waals surface area contributed by atoms with Crippen molar-refractivity contribution in [1.82, 2.24) is 10.3 Å². The van der Waals surface area contributed by atoms with E-state index in [-0.39, 0.29) is 11.8 Å². The van der Waals surface area contributed by atoms with E-state index in [9.17, 15) is 8.78 Å². The largest absolute Gasteiger partial charge is 0.486 e. The third-order valence-corrected chi connectivity index (χ3v) is 6.07. The van der Waals surface area contributed by atoms with E-state index in [2.05, 4.69) is 32.7 Å². The Bertz CT molecular complexity index is 1160. The fourth-order valence-corrected chi connectivity index (χ4v) is 4.42. The molecule has 5 nitrogen and oxygen atoms in total. The number of halogens is 2. The van der Waals surface area contributed by atoms with E-state index in [1.54, 1.807) is 12.1 Å². The quantitative estimate of drug-likeness (QED) is 0.601. The number of pyridine rings is 1. The molecule has 2 aliphatic heterocycles. The summed E-state index contributed by atoms with van der Waals surface area (Å²) in [5, 5.41) is 6.63. The fourth-order valence-electron chi connectivity index (χ4n) is 4.42. The Labute approximate surface area is 186 Å². The molecule has 3 heterocycles. The molecule has 0 saturated carbocycles. The summed E-state index contributed by atoms with van der Waals surface area (Å²) >= 11 is 0. The van der Waals surface area contributed by atoms with Gasteiger partial charge in [0.2, 0.25) is 0 Å². The summed E-state index contributed by atoms with van der Waals surface area (Å²) in [5.41, 5.74) is 4.87. The molecule has 2 N–H and O–H groups in total. The first-order chi connectivity index (χ1) is 15.5. The van der Waals surface area contributed by atoms with E-state index < -0.39 is 11.6 Å². The van der Waals surface area contributed by atoms with Gasteiger partial charge in [0, 0.05) is 23.8 Å². The number of fused-ring (bicyclic) bond motifs is 2. The third kappa shape index (κ3) is 3.88. The van der Waals surface area contributed by atoms with E-state index in [1.165, 1.54) is 23.4 Å². The number of hydrogen-bond donors (Lipinski definition) is 2. The van der Waals surface area contributed by atoms with Crippen LogP contribution in [0.5, 0.6) is 5.75 Å². The molecule has 0 bridgehead atoms. The van der Waals surface area contributed by atoms with E-state index in [1.807, 2.05) is 19.9 Å². The first-order valence-corrected chi connectivity index (χ1v) is 11.0. The SMILES string of the molecule is CC(C)N1CCOc2c(F)cc(-c3cc(Nc4ccc5c(c4)CCNC5)ncc3F)cc21. The van der Waals surface area contributed by atoms with Gasteiger partial charge in [0.15, 0.2) is 11.6 Å². The van der Waals surface area contributed by atoms with Crippen LogP contribution in [0.15, 0.2) is 42.6 Å². The van der Waals surface area contributed by atoms with Gasteiger partial charge in [-0.05, 0) is 73.8 Å². The highest BCUT2D eigenvalue weighted by atomic mass is 19.1. The lowest BCUT2D eigenvalue weighted by Crippen LogP contribution is -2.38. The van der Waals surface area contributed by atoms with Gasteiger partial charge in [0.1, 0.15) is 18.2 Å². The van der Waals surface area contributed by atoms with Crippen LogP contribution in [0.1, 0.15) is 25.0 Å². The van der Waals surface area contributed by atoms with Crippen molar-refractivity contribution in [2.75, 3.05) is 29.9 Å². The molecule has 2 aromatic carbocycles. The Balaban J connectivity index is 1.49. The molecular formula is C25H26F2N4O. The molecule has 5 rings (SSSR count). The van der Waals surface area contributed by atoms with Crippen molar-refractivity contribution in [3.05, 3.63) is 65.4 Å². The van der Waals surface area contributed by atoms with Crippen LogP contribution in [0.3, 0.4) is 0 Å². The van der Waals surface area contributed by atoms with Gasteiger partial charge in [-0.2, -0.15) is 0 Å². The topological polar surface area (TPSA) is 49.4 Å². The van der Waals surface area contributed by atoms with E-state index in [4.69, 9.17) is 4.74 Å². The van der Waals surface area contributed by atoms with Crippen LogP contribution >= 0.6 is 0 Å². The number of rotatable bonds is 4. The zero-order valence-electron chi connectivity index (χ0n) is 18.2. The van der Waals surface area contributed by atoms with Crippen molar-refractivity contribution in [1.29, 1.82) is 0 Å². The van der Waals surface area contributed by atoms with Crippen LogP contribution in [0.25, 0.3) is 11.1 Å². The minimum Gasteiger partial charge on any atom is -0.486 e. The van der Waals surface area contributed by atoms with Gasteiger partial charge in [-0.15, -0.1) is 0 Å². The van der Waals surface area contributed by atoms with Crippen molar-refractivity contribution < 1.29 is 13.5 Å². The first-order valence-electron chi connectivity index (χ1n) is 11.0. The summed E-state index contributed by atoms with van der Waals surface area (Å²) in [5.74, 6) is -0.258. The molecule has 0 saturated heterocycles. The van der Waals surface area contributed by atoms with Gasteiger partial charge in [-0.3, -0.25) is 0 Å². The molecule has 32 heavy (non-hydrogen) atoms. The van der Waals surface area contributed by atoms with Gasteiger partial charge < -0.3 is 20.3 Å². The second kappa shape index (κ2) is 8.39.